The molecule has 3 aromatic rings. The van der Waals surface area contributed by atoms with Crippen molar-refractivity contribution < 1.29 is 4.39 Å². The van der Waals surface area contributed by atoms with E-state index < -0.39 is 0 Å². The summed E-state index contributed by atoms with van der Waals surface area (Å²) in [6.45, 7) is 0.525. The molecule has 0 saturated heterocycles. The minimum atomic E-state index is -0.383. The van der Waals surface area contributed by atoms with Gasteiger partial charge in [-0.05, 0) is 29.8 Å². The number of nitrogen functional groups attached to an aromatic ring is 1. The molecule has 5 nitrogen and oxygen atoms in total. The van der Waals surface area contributed by atoms with Crippen LogP contribution in [-0.2, 0) is 6.54 Å². The van der Waals surface area contributed by atoms with Gasteiger partial charge in [-0.15, -0.1) is 0 Å². The highest BCUT2D eigenvalue weighted by atomic mass is 35.5. The van der Waals surface area contributed by atoms with Gasteiger partial charge in [0, 0.05) is 11.6 Å². The summed E-state index contributed by atoms with van der Waals surface area (Å²) in [6, 6.07) is 13.7. The quantitative estimate of drug-likeness (QED) is 0.647. The van der Waals surface area contributed by atoms with Crippen molar-refractivity contribution in [3.05, 3.63) is 71.3 Å². The molecular weight excluding hydrogens is 329 g/mol. The molecule has 1 heterocycles. The van der Waals surface area contributed by atoms with Crippen LogP contribution in [0.4, 0.5) is 27.4 Å². The molecule has 0 aliphatic heterocycles. The van der Waals surface area contributed by atoms with Gasteiger partial charge in [-0.2, -0.15) is 0 Å². The van der Waals surface area contributed by atoms with Crippen LogP contribution >= 0.6 is 11.6 Å². The normalized spacial score (nSPS) is 10.4. The third-order valence-corrected chi connectivity index (χ3v) is 3.64. The third kappa shape index (κ3) is 3.72. The zero-order chi connectivity index (χ0) is 16.9. The molecule has 122 valence electrons. The van der Waals surface area contributed by atoms with Gasteiger partial charge < -0.3 is 16.4 Å². The van der Waals surface area contributed by atoms with Gasteiger partial charge in [-0.3, -0.25) is 0 Å². The number of aromatic nitrogens is 2. The Labute approximate surface area is 143 Å². The van der Waals surface area contributed by atoms with Crippen molar-refractivity contribution in [2.24, 2.45) is 0 Å². The molecule has 7 heteroatoms. The molecule has 0 fully saturated rings. The maximum Gasteiger partial charge on any atom is 0.159 e. The lowest BCUT2D eigenvalue weighted by atomic mass is 10.2. The first-order chi connectivity index (χ1) is 11.6. The Morgan fingerprint density at radius 3 is 2.46 bits per heavy atom. The van der Waals surface area contributed by atoms with Crippen molar-refractivity contribution in [3.8, 4) is 0 Å². The summed E-state index contributed by atoms with van der Waals surface area (Å²) >= 11 is 5.86. The lowest BCUT2D eigenvalue weighted by Crippen LogP contribution is -2.08. The summed E-state index contributed by atoms with van der Waals surface area (Å²) in [4.78, 5) is 8.20. The average Bonchev–Trinajstić information content (AvgIpc) is 2.59. The standard InChI is InChI=1S/C17H15ClFN5/c18-12-7-5-11(6-8-12)9-21-16-15(20)17(23-10-22-16)24-14-4-2-1-3-13(14)19/h1-8,10H,9,20H2,(H2,21,22,23,24). The van der Waals surface area contributed by atoms with E-state index >= 15 is 0 Å². The maximum absolute atomic E-state index is 13.7. The van der Waals surface area contributed by atoms with Crippen LogP contribution in [0.2, 0.25) is 5.02 Å². The van der Waals surface area contributed by atoms with E-state index in [0.717, 1.165) is 5.56 Å². The SMILES string of the molecule is Nc1c(NCc2ccc(Cl)cc2)ncnc1Nc1ccccc1F. The largest absolute Gasteiger partial charge is 0.393 e. The van der Waals surface area contributed by atoms with Crippen molar-refractivity contribution in [3.63, 3.8) is 0 Å². The minimum Gasteiger partial charge on any atom is -0.393 e. The minimum absolute atomic E-state index is 0.298. The van der Waals surface area contributed by atoms with Crippen LogP contribution in [-0.4, -0.2) is 9.97 Å². The highest BCUT2D eigenvalue weighted by Gasteiger charge is 2.10. The Balaban J connectivity index is 1.75. The number of anilines is 4. The molecule has 0 unspecified atom stereocenters. The topological polar surface area (TPSA) is 75.9 Å². The number of benzene rings is 2. The molecule has 0 radical (unpaired) electrons. The molecule has 0 spiro atoms. The fraction of sp³-hybridized carbons (Fsp3) is 0.0588. The number of nitrogens with two attached hydrogens (primary N) is 1. The zero-order valence-corrected chi connectivity index (χ0v) is 13.4. The fourth-order valence-electron chi connectivity index (χ4n) is 2.11. The zero-order valence-electron chi connectivity index (χ0n) is 12.6. The molecule has 4 N–H and O–H groups in total. The van der Waals surface area contributed by atoms with Gasteiger partial charge >= 0.3 is 0 Å². The molecule has 0 aliphatic carbocycles. The van der Waals surface area contributed by atoms with Crippen LogP contribution in [0, 0.1) is 5.82 Å². The second kappa shape index (κ2) is 7.14. The van der Waals surface area contributed by atoms with Crippen LogP contribution in [0.25, 0.3) is 0 Å². The van der Waals surface area contributed by atoms with E-state index in [1.165, 1.54) is 12.4 Å². The van der Waals surface area contributed by atoms with E-state index in [2.05, 4.69) is 20.6 Å². The Bertz CT molecular complexity index is 839. The number of nitrogens with one attached hydrogen (secondary N) is 2. The van der Waals surface area contributed by atoms with Crippen molar-refractivity contribution in [1.82, 2.24) is 9.97 Å². The van der Waals surface area contributed by atoms with Crippen molar-refractivity contribution in [2.45, 2.75) is 6.54 Å². The van der Waals surface area contributed by atoms with Crippen LogP contribution in [0.15, 0.2) is 54.9 Å². The molecule has 2 aromatic carbocycles. The molecular formula is C17H15ClFN5. The van der Waals surface area contributed by atoms with Gasteiger partial charge in [0.15, 0.2) is 11.6 Å². The number of halogens is 2. The van der Waals surface area contributed by atoms with E-state index in [9.17, 15) is 4.39 Å². The lowest BCUT2D eigenvalue weighted by Gasteiger charge is -2.13. The van der Waals surface area contributed by atoms with Crippen molar-refractivity contribution >= 4 is 34.6 Å². The second-order valence-electron chi connectivity index (χ2n) is 5.07. The number of hydrogen-bond acceptors (Lipinski definition) is 5. The van der Waals surface area contributed by atoms with Gasteiger partial charge in [0.25, 0.3) is 0 Å². The predicted octanol–water partition coefficient (Wildman–Crippen LogP) is 4.21. The summed E-state index contributed by atoms with van der Waals surface area (Å²) in [7, 11) is 0. The predicted molar refractivity (Wildman–Crippen MR) is 94.9 cm³/mol. The first-order valence-corrected chi connectivity index (χ1v) is 7.61. The number of rotatable bonds is 5. The molecule has 3 rings (SSSR count). The van der Waals surface area contributed by atoms with Crippen LogP contribution in [0.3, 0.4) is 0 Å². The number of hydrogen-bond donors (Lipinski definition) is 3. The van der Waals surface area contributed by atoms with E-state index in [-0.39, 0.29) is 5.82 Å². The van der Waals surface area contributed by atoms with Gasteiger partial charge in [-0.25, -0.2) is 14.4 Å². The van der Waals surface area contributed by atoms with Crippen LogP contribution in [0.5, 0.6) is 0 Å². The Morgan fingerprint density at radius 2 is 1.71 bits per heavy atom. The first-order valence-electron chi connectivity index (χ1n) is 7.24. The lowest BCUT2D eigenvalue weighted by molar-refractivity contribution is 0.632. The van der Waals surface area contributed by atoms with Gasteiger partial charge in [0.2, 0.25) is 0 Å². The summed E-state index contributed by atoms with van der Waals surface area (Å²) < 4.78 is 13.7. The Kier molecular flexibility index (Phi) is 4.77. The first kappa shape index (κ1) is 16.0. The highest BCUT2D eigenvalue weighted by Crippen LogP contribution is 2.27. The van der Waals surface area contributed by atoms with E-state index in [0.29, 0.717) is 34.6 Å². The molecule has 1 aromatic heterocycles. The number of para-hydroxylation sites is 1. The van der Waals surface area contributed by atoms with E-state index in [1.54, 1.807) is 18.2 Å². The molecule has 0 amide bonds. The van der Waals surface area contributed by atoms with Crippen molar-refractivity contribution in [1.29, 1.82) is 0 Å². The summed E-state index contributed by atoms with van der Waals surface area (Å²) in [6.07, 6.45) is 1.36. The average molecular weight is 344 g/mol. The summed E-state index contributed by atoms with van der Waals surface area (Å²) in [5.41, 5.74) is 7.72. The van der Waals surface area contributed by atoms with Crippen molar-refractivity contribution in [2.75, 3.05) is 16.4 Å². The van der Waals surface area contributed by atoms with Gasteiger partial charge in [0.05, 0.1) is 5.69 Å². The maximum atomic E-state index is 13.7. The van der Waals surface area contributed by atoms with Crippen LogP contribution in [0.1, 0.15) is 5.56 Å². The highest BCUT2D eigenvalue weighted by molar-refractivity contribution is 6.30. The number of nitrogens with zero attached hydrogens (tertiary/aromatic N) is 2. The van der Waals surface area contributed by atoms with Gasteiger partial charge in [-0.1, -0.05) is 35.9 Å². The second-order valence-corrected chi connectivity index (χ2v) is 5.51. The summed E-state index contributed by atoms with van der Waals surface area (Å²) in [5, 5.41) is 6.69. The molecule has 0 atom stereocenters. The Hall–Kier alpha value is -2.86. The molecule has 0 aliphatic rings. The molecule has 24 heavy (non-hydrogen) atoms. The smallest absolute Gasteiger partial charge is 0.159 e. The van der Waals surface area contributed by atoms with Crippen LogP contribution < -0.4 is 16.4 Å². The third-order valence-electron chi connectivity index (χ3n) is 3.38. The van der Waals surface area contributed by atoms with Gasteiger partial charge in [0.1, 0.15) is 17.8 Å². The summed E-state index contributed by atoms with van der Waals surface area (Å²) in [5.74, 6) is 0.429. The monoisotopic (exact) mass is 343 g/mol. The van der Waals surface area contributed by atoms with E-state index in [4.69, 9.17) is 17.3 Å². The Morgan fingerprint density at radius 1 is 1.00 bits per heavy atom. The van der Waals surface area contributed by atoms with E-state index in [1.807, 2.05) is 24.3 Å². The molecule has 0 bridgehead atoms. The fourth-order valence-corrected chi connectivity index (χ4v) is 2.24. The molecule has 0 saturated carbocycles.